The molecule has 0 saturated carbocycles. The molecule has 0 aliphatic rings. The van der Waals surface area contributed by atoms with Gasteiger partial charge in [0.1, 0.15) is 0 Å². The number of aromatic nitrogens is 1. The van der Waals surface area contributed by atoms with Crippen molar-refractivity contribution in [2.24, 2.45) is 0 Å². The van der Waals surface area contributed by atoms with E-state index in [9.17, 15) is 8.78 Å². The first-order chi connectivity index (χ1) is 6.07. The summed E-state index contributed by atoms with van der Waals surface area (Å²) in [4.78, 5) is 3.62. The third-order valence-corrected chi connectivity index (χ3v) is 2.34. The van der Waals surface area contributed by atoms with Gasteiger partial charge in [0.25, 0.3) is 6.43 Å². The average molecular weight is 253 g/mol. The van der Waals surface area contributed by atoms with E-state index in [2.05, 4.69) is 25.7 Å². The minimum atomic E-state index is -2.67. The van der Waals surface area contributed by atoms with Gasteiger partial charge in [0, 0.05) is 0 Å². The lowest BCUT2D eigenvalue weighted by atomic mass is 10.2. The van der Waals surface area contributed by atoms with E-state index in [1.54, 1.807) is 0 Å². The molecule has 1 heterocycles. The number of anilines is 1. The fourth-order valence-electron chi connectivity index (χ4n) is 0.856. The van der Waals surface area contributed by atoms with Crippen LogP contribution >= 0.6 is 15.9 Å². The number of ether oxygens (including phenoxy) is 1. The molecule has 0 fully saturated rings. The van der Waals surface area contributed by atoms with Crippen molar-refractivity contribution in [2.75, 3.05) is 12.8 Å². The van der Waals surface area contributed by atoms with Gasteiger partial charge in [-0.3, -0.25) is 0 Å². The molecule has 0 unspecified atom stereocenters. The van der Waals surface area contributed by atoms with E-state index in [1.807, 2.05) is 0 Å². The Kier molecular flexibility index (Phi) is 3.02. The minimum absolute atomic E-state index is 0.115. The Morgan fingerprint density at radius 1 is 1.62 bits per heavy atom. The summed E-state index contributed by atoms with van der Waals surface area (Å²) in [5.41, 5.74) is 5.23. The molecule has 0 bridgehead atoms. The van der Waals surface area contributed by atoms with Crippen LogP contribution in [0.2, 0.25) is 0 Å². The van der Waals surface area contributed by atoms with Crippen molar-refractivity contribution in [3.63, 3.8) is 0 Å². The molecule has 0 aromatic carbocycles. The molecule has 0 amide bonds. The number of halogens is 3. The fraction of sp³-hybridized carbons (Fsp3) is 0.286. The number of nitrogens with zero attached hydrogens (tertiary/aromatic N) is 1. The van der Waals surface area contributed by atoms with E-state index in [0.717, 1.165) is 0 Å². The Morgan fingerprint density at radius 3 is 2.69 bits per heavy atom. The summed E-state index contributed by atoms with van der Waals surface area (Å²) < 4.78 is 29.7. The summed E-state index contributed by atoms with van der Waals surface area (Å²) in [7, 11) is 1.27. The Bertz CT molecular complexity index is 320. The Hall–Kier alpha value is -0.910. The van der Waals surface area contributed by atoms with Crippen LogP contribution in [-0.2, 0) is 0 Å². The molecule has 0 aliphatic carbocycles. The second kappa shape index (κ2) is 3.87. The number of rotatable bonds is 2. The molecule has 0 radical (unpaired) electrons. The SMILES string of the molecule is COc1ncc(N)c(Br)c1C(F)F. The molecule has 0 aliphatic heterocycles. The van der Waals surface area contributed by atoms with Crippen LogP contribution in [-0.4, -0.2) is 12.1 Å². The van der Waals surface area contributed by atoms with Crippen molar-refractivity contribution in [3.8, 4) is 5.88 Å². The van der Waals surface area contributed by atoms with Crippen LogP contribution in [0.3, 0.4) is 0 Å². The molecule has 3 nitrogen and oxygen atoms in total. The summed E-state index contributed by atoms with van der Waals surface area (Å²) in [6.07, 6.45) is -1.41. The third kappa shape index (κ3) is 1.88. The van der Waals surface area contributed by atoms with Gasteiger partial charge in [-0.2, -0.15) is 0 Å². The smallest absolute Gasteiger partial charge is 0.270 e. The number of nitrogen functional groups attached to an aromatic ring is 1. The summed E-state index contributed by atoms with van der Waals surface area (Å²) >= 11 is 2.95. The van der Waals surface area contributed by atoms with Crippen molar-refractivity contribution in [2.45, 2.75) is 6.43 Å². The second-order valence-corrected chi connectivity index (χ2v) is 3.04. The maximum Gasteiger partial charge on any atom is 0.270 e. The lowest BCUT2D eigenvalue weighted by Crippen LogP contribution is -2.00. The van der Waals surface area contributed by atoms with Crippen molar-refractivity contribution < 1.29 is 13.5 Å². The van der Waals surface area contributed by atoms with Gasteiger partial charge in [-0.1, -0.05) is 0 Å². The van der Waals surface area contributed by atoms with Gasteiger partial charge in [0.2, 0.25) is 5.88 Å². The molecule has 72 valence electrons. The second-order valence-electron chi connectivity index (χ2n) is 2.25. The van der Waals surface area contributed by atoms with Crippen LogP contribution in [0.5, 0.6) is 5.88 Å². The summed E-state index contributed by atoms with van der Waals surface area (Å²) in [6.45, 7) is 0. The molecule has 0 spiro atoms. The van der Waals surface area contributed by atoms with E-state index < -0.39 is 6.43 Å². The average Bonchev–Trinajstić information content (AvgIpc) is 2.08. The first-order valence-electron chi connectivity index (χ1n) is 3.34. The zero-order chi connectivity index (χ0) is 10.0. The predicted octanol–water partition coefficient (Wildman–Crippen LogP) is 2.37. The molecule has 1 rings (SSSR count). The highest BCUT2D eigenvalue weighted by Crippen LogP contribution is 2.36. The summed E-state index contributed by atoms with van der Waals surface area (Å²) in [5, 5.41) is 0. The van der Waals surface area contributed by atoms with Crippen LogP contribution in [0.4, 0.5) is 14.5 Å². The van der Waals surface area contributed by atoms with Crippen LogP contribution < -0.4 is 10.5 Å². The van der Waals surface area contributed by atoms with Crippen molar-refractivity contribution in [1.82, 2.24) is 4.98 Å². The van der Waals surface area contributed by atoms with Crippen molar-refractivity contribution in [1.29, 1.82) is 0 Å². The molecule has 0 saturated heterocycles. The lowest BCUT2D eigenvalue weighted by Gasteiger charge is -2.09. The van der Waals surface area contributed by atoms with Gasteiger partial charge in [-0.15, -0.1) is 0 Å². The quantitative estimate of drug-likeness (QED) is 0.880. The van der Waals surface area contributed by atoms with E-state index in [4.69, 9.17) is 5.73 Å². The predicted molar refractivity (Wildman–Crippen MR) is 47.9 cm³/mol. The van der Waals surface area contributed by atoms with Crippen LogP contribution in [0.1, 0.15) is 12.0 Å². The normalized spacial score (nSPS) is 10.5. The van der Waals surface area contributed by atoms with Gasteiger partial charge in [0.15, 0.2) is 0 Å². The summed E-state index contributed by atoms with van der Waals surface area (Å²) in [5.74, 6) is -0.115. The fourth-order valence-corrected chi connectivity index (χ4v) is 1.30. The van der Waals surface area contributed by atoms with E-state index in [-0.39, 0.29) is 21.6 Å². The van der Waals surface area contributed by atoms with Crippen molar-refractivity contribution in [3.05, 3.63) is 16.2 Å². The third-order valence-electron chi connectivity index (χ3n) is 1.45. The lowest BCUT2D eigenvalue weighted by molar-refractivity contribution is 0.145. The zero-order valence-electron chi connectivity index (χ0n) is 6.72. The molecular weight excluding hydrogens is 246 g/mol. The van der Waals surface area contributed by atoms with Gasteiger partial charge < -0.3 is 10.5 Å². The zero-order valence-corrected chi connectivity index (χ0v) is 8.31. The Balaban J connectivity index is 3.32. The van der Waals surface area contributed by atoms with Crippen molar-refractivity contribution >= 4 is 21.6 Å². The highest BCUT2D eigenvalue weighted by molar-refractivity contribution is 9.10. The van der Waals surface area contributed by atoms with E-state index >= 15 is 0 Å². The topological polar surface area (TPSA) is 48.1 Å². The number of methoxy groups -OCH3 is 1. The number of hydrogen-bond donors (Lipinski definition) is 1. The van der Waals surface area contributed by atoms with Crippen LogP contribution in [0.25, 0.3) is 0 Å². The number of hydrogen-bond acceptors (Lipinski definition) is 3. The summed E-state index contributed by atoms with van der Waals surface area (Å²) in [6, 6.07) is 0. The Morgan fingerprint density at radius 2 is 2.23 bits per heavy atom. The molecule has 6 heteroatoms. The molecule has 1 aromatic rings. The van der Waals surface area contributed by atoms with Gasteiger partial charge in [-0.05, 0) is 15.9 Å². The number of pyridine rings is 1. The molecule has 2 N–H and O–H groups in total. The molecule has 1 aromatic heterocycles. The first-order valence-corrected chi connectivity index (χ1v) is 4.13. The monoisotopic (exact) mass is 252 g/mol. The van der Waals surface area contributed by atoms with Crippen LogP contribution in [0, 0.1) is 0 Å². The van der Waals surface area contributed by atoms with E-state index in [0.29, 0.717) is 0 Å². The van der Waals surface area contributed by atoms with Gasteiger partial charge in [0.05, 0.1) is 29.0 Å². The van der Waals surface area contributed by atoms with Crippen LogP contribution in [0.15, 0.2) is 10.7 Å². The number of alkyl halides is 2. The van der Waals surface area contributed by atoms with E-state index in [1.165, 1.54) is 13.3 Å². The minimum Gasteiger partial charge on any atom is -0.481 e. The highest BCUT2D eigenvalue weighted by atomic mass is 79.9. The molecule has 0 atom stereocenters. The first kappa shape index (κ1) is 10.2. The Labute approximate surface area is 82.0 Å². The standard InChI is InChI=1S/C7H7BrF2N2O/c1-13-7-4(6(9)10)5(8)3(11)2-12-7/h2,6H,11H2,1H3. The maximum atomic E-state index is 12.4. The number of nitrogens with two attached hydrogens (primary N) is 1. The van der Waals surface area contributed by atoms with Gasteiger partial charge in [-0.25, -0.2) is 13.8 Å². The maximum absolute atomic E-state index is 12.4. The highest BCUT2D eigenvalue weighted by Gasteiger charge is 2.20. The molecular formula is C7H7BrF2N2O. The largest absolute Gasteiger partial charge is 0.481 e. The molecule has 13 heavy (non-hydrogen) atoms. The van der Waals surface area contributed by atoms with Gasteiger partial charge >= 0.3 is 0 Å².